The Morgan fingerprint density at radius 2 is 1.46 bits per heavy atom. The van der Waals surface area contributed by atoms with E-state index in [-0.39, 0.29) is 22.1 Å². The number of aliphatic hydroxyl groups is 1. The summed E-state index contributed by atoms with van der Waals surface area (Å²) in [6.07, 6.45) is 1.67. The fraction of sp³-hybridized carbons (Fsp3) is 0.294. The lowest BCUT2D eigenvalue weighted by atomic mass is 10.2. The van der Waals surface area contributed by atoms with Crippen LogP contribution in [0.2, 0.25) is 0 Å². The zero-order valence-electron chi connectivity index (χ0n) is 14.0. The van der Waals surface area contributed by atoms with Gasteiger partial charge in [-0.3, -0.25) is 4.72 Å². The molecule has 3 rings (SSSR count). The van der Waals surface area contributed by atoms with Crippen molar-refractivity contribution in [3.63, 3.8) is 0 Å². The zero-order chi connectivity index (χ0) is 18.8. The first-order chi connectivity index (χ1) is 12.3. The monoisotopic (exact) mass is 396 g/mol. The van der Waals surface area contributed by atoms with Crippen LogP contribution < -0.4 is 4.72 Å². The first-order valence-corrected chi connectivity index (χ1v) is 11.1. The Balaban J connectivity index is 1.85. The number of rotatable bonds is 6. The van der Waals surface area contributed by atoms with E-state index in [9.17, 15) is 21.9 Å². The fourth-order valence-corrected chi connectivity index (χ4v) is 5.45. The topological polar surface area (TPSA) is 104 Å². The van der Waals surface area contributed by atoms with Crippen molar-refractivity contribution in [3.05, 3.63) is 54.1 Å². The largest absolute Gasteiger partial charge is 0.392 e. The quantitative estimate of drug-likeness (QED) is 0.774. The van der Waals surface area contributed by atoms with Crippen LogP contribution in [-0.2, 0) is 26.7 Å². The second-order valence-electron chi connectivity index (χ2n) is 6.00. The van der Waals surface area contributed by atoms with Crippen LogP contribution in [0, 0.1) is 0 Å². The van der Waals surface area contributed by atoms with Gasteiger partial charge in [-0.15, -0.1) is 0 Å². The van der Waals surface area contributed by atoms with Gasteiger partial charge in [0.1, 0.15) is 0 Å². The van der Waals surface area contributed by atoms with Crippen molar-refractivity contribution in [3.8, 4) is 0 Å². The minimum absolute atomic E-state index is 0.0504. The predicted molar refractivity (Wildman–Crippen MR) is 97.6 cm³/mol. The molecule has 9 heteroatoms. The molecule has 2 N–H and O–H groups in total. The summed E-state index contributed by atoms with van der Waals surface area (Å²) in [6, 6.07) is 11.7. The molecule has 140 valence electrons. The summed E-state index contributed by atoms with van der Waals surface area (Å²) in [4.78, 5) is 0.0275. The summed E-state index contributed by atoms with van der Waals surface area (Å²) < 4.78 is 53.9. The number of benzene rings is 2. The average molecular weight is 396 g/mol. The Morgan fingerprint density at radius 3 is 2.08 bits per heavy atom. The molecule has 1 fully saturated rings. The van der Waals surface area contributed by atoms with Crippen molar-refractivity contribution in [2.24, 2.45) is 0 Å². The molecule has 1 aliphatic heterocycles. The molecule has 0 spiro atoms. The molecule has 0 amide bonds. The standard InChI is InChI=1S/C17H20N2O5S2/c20-13-14-5-1-2-6-17(14)18-25(21,22)15-7-9-16(10-8-15)26(23,24)19-11-3-4-12-19/h1-2,5-10,18,20H,3-4,11-13H2. The van der Waals surface area contributed by atoms with E-state index in [1.54, 1.807) is 24.3 Å². The van der Waals surface area contributed by atoms with Gasteiger partial charge < -0.3 is 5.11 Å². The molecular weight excluding hydrogens is 376 g/mol. The highest BCUT2D eigenvalue weighted by Gasteiger charge is 2.27. The van der Waals surface area contributed by atoms with Crippen LogP contribution in [0.1, 0.15) is 18.4 Å². The maximum atomic E-state index is 12.5. The van der Waals surface area contributed by atoms with Crippen molar-refractivity contribution in [2.45, 2.75) is 29.2 Å². The van der Waals surface area contributed by atoms with Gasteiger partial charge in [0.25, 0.3) is 10.0 Å². The number of hydrogen-bond acceptors (Lipinski definition) is 5. The lowest BCUT2D eigenvalue weighted by Gasteiger charge is -2.16. The van der Waals surface area contributed by atoms with Crippen LogP contribution in [0.5, 0.6) is 0 Å². The van der Waals surface area contributed by atoms with E-state index in [0.29, 0.717) is 18.7 Å². The van der Waals surface area contributed by atoms with Crippen LogP contribution in [0.3, 0.4) is 0 Å². The number of nitrogens with zero attached hydrogens (tertiary/aromatic N) is 1. The van der Waals surface area contributed by atoms with Gasteiger partial charge in [0.05, 0.1) is 22.1 Å². The van der Waals surface area contributed by atoms with E-state index < -0.39 is 20.0 Å². The van der Waals surface area contributed by atoms with Gasteiger partial charge in [0.15, 0.2) is 0 Å². The third-order valence-electron chi connectivity index (χ3n) is 4.27. The average Bonchev–Trinajstić information content (AvgIpc) is 3.17. The van der Waals surface area contributed by atoms with Crippen LogP contribution in [-0.4, -0.2) is 39.3 Å². The van der Waals surface area contributed by atoms with E-state index in [2.05, 4.69) is 4.72 Å². The molecule has 2 aromatic rings. The molecular formula is C17H20N2O5S2. The number of sulfonamides is 2. The van der Waals surface area contributed by atoms with E-state index in [4.69, 9.17) is 0 Å². The van der Waals surface area contributed by atoms with Gasteiger partial charge in [-0.1, -0.05) is 18.2 Å². The summed E-state index contributed by atoms with van der Waals surface area (Å²) in [5.74, 6) is 0. The molecule has 0 atom stereocenters. The van der Waals surface area contributed by atoms with E-state index in [0.717, 1.165) is 12.8 Å². The van der Waals surface area contributed by atoms with Crippen LogP contribution in [0.15, 0.2) is 58.3 Å². The molecule has 0 aromatic heterocycles. The molecule has 7 nitrogen and oxygen atoms in total. The smallest absolute Gasteiger partial charge is 0.261 e. The van der Waals surface area contributed by atoms with Gasteiger partial charge >= 0.3 is 0 Å². The molecule has 0 aliphatic carbocycles. The van der Waals surface area contributed by atoms with Gasteiger partial charge in [-0.25, -0.2) is 16.8 Å². The molecule has 26 heavy (non-hydrogen) atoms. The predicted octanol–water partition coefficient (Wildman–Crippen LogP) is 1.76. The van der Waals surface area contributed by atoms with Crippen LogP contribution in [0.25, 0.3) is 0 Å². The number of aliphatic hydroxyl groups excluding tert-OH is 1. The maximum Gasteiger partial charge on any atom is 0.261 e. The fourth-order valence-electron chi connectivity index (χ4n) is 2.83. The molecule has 1 saturated heterocycles. The third kappa shape index (κ3) is 3.75. The Hall–Kier alpha value is -1.94. The molecule has 0 unspecified atom stereocenters. The van der Waals surface area contributed by atoms with Crippen LogP contribution in [0.4, 0.5) is 5.69 Å². The summed E-state index contributed by atoms with van der Waals surface area (Å²) in [5.41, 5.74) is 0.730. The Labute approximate surface area is 153 Å². The van der Waals surface area contributed by atoms with Crippen molar-refractivity contribution in [1.82, 2.24) is 4.31 Å². The van der Waals surface area contributed by atoms with Crippen molar-refractivity contribution in [1.29, 1.82) is 0 Å². The minimum Gasteiger partial charge on any atom is -0.392 e. The second-order valence-corrected chi connectivity index (χ2v) is 9.62. The first kappa shape index (κ1) is 18.8. The van der Waals surface area contributed by atoms with Gasteiger partial charge in [-0.2, -0.15) is 4.31 Å². The van der Waals surface area contributed by atoms with Gasteiger partial charge in [-0.05, 0) is 43.2 Å². The molecule has 1 aliphatic rings. The van der Waals surface area contributed by atoms with E-state index in [1.165, 1.54) is 28.6 Å². The maximum absolute atomic E-state index is 12.5. The summed E-state index contributed by atoms with van der Waals surface area (Å²) in [7, 11) is -7.48. The molecule has 2 aromatic carbocycles. The van der Waals surface area contributed by atoms with Gasteiger partial charge in [0.2, 0.25) is 10.0 Å². The number of nitrogens with one attached hydrogen (secondary N) is 1. The third-order valence-corrected chi connectivity index (χ3v) is 7.56. The molecule has 0 radical (unpaired) electrons. The SMILES string of the molecule is O=S(=O)(Nc1ccccc1CO)c1ccc(S(=O)(=O)N2CCCC2)cc1. The number of para-hydroxylation sites is 1. The van der Waals surface area contributed by atoms with Crippen molar-refractivity contribution >= 4 is 25.7 Å². The highest BCUT2D eigenvalue weighted by atomic mass is 32.2. The normalized spacial score (nSPS) is 15.9. The lowest BCUT2D eigenvalue weighted by Crippen LogP contribution is -2.27. The Morgan fingerprint density at radius 1 is 0.885 bits per heavy atom. The summed E-state index contributed by atoms with van der Waals surface area (Å²) in [6.45, 7) is 0.676. The first-order valence-electron chi connectivity index (χ1n) is 8.16. The zero-order valence-corrected chi connectivity index (χ0v) is 15.6. The minimum atomic E-state index is -3.90. The van der Waals surface area contributed by atoms with Crippen LogP contribution >= 0.6 is 0 Å². The van der Waals surface area contributed by atoms with E-state index >= 15 is 0 Å². The Bertz CT molecular complexity index is 980. The number of anilines is 1. The van der Waals surface area contributed by atoms with Gasteiger partial charge in [0, 0.05) is 18.7 Å². The molecule has 1 heterocycles. The highest BCUT2D eigenvalue weighted by molar-refractivity contribution is 7.92. The second kappa shape index (κ2) is 7.36. The summed E-state index contributed by atoms with van der Waals surface area (Å²) >= 11 is 0. The summed E-state index contributed by atoms with van der Waals surface area (Å²) in [5, 5.41) is 9.31. The Kier molecular flexibility index (Phi) is 5.33. The van der Waals surface area contributed by atoms with Crippen molar-refractivity contribution < 1.29 is 21.9 Å². The number of hydrogen-bond donors (Lipinski definition) is 2. The lowest BCUT2D eigenvalue weighted by molar-refractivity contribution is 0.282. The van der Waals surface area contributed by atoms with E-state index in [1.807, 2.05) is 0 Å². The molecule has 0 bridgehead atoms. The van der Waals surface area contributed by atoms with Crippen molar-refractivity contribution in [2.75, 3.05) is 17.8 Å². The molecule has 0 saturated carbocycles. The highest BCUT2D eigenvalue weighted by Crippen LogP contribution is 2.24.